The molecule has 1 rings (SSSR count). The predicted molar refractivity (Wildman–Crippen MR) is 49.3 cm³/mol. The molecule has 0 aliphatic heterocycles. The predicted octanol–water partition coefficient (Wildman–Crippen LogP) is 0.891. The van der Waals surface area contributed by atoms with E-state index in [0.717, 1.165) is 17.9 Å². The van der Waals surface area contributed by atoms with E-state index in [9.17, 15) is 4.79 Å². The molecular formula is C9H15N3O. The Morgan fingerprint density at radius 1 is 1.46 bits per heavy atom. The fourth-order valence-corrected chi connectivity index (χ4v) is 1.05. The molecule has 0 radical (unpaired) electrons. The molecule has 0 bridgehead atoms. The maximum atomic E-state index is 10.7. The monoisotopic (exact) mass is 181 g/mol. The van der Waals surface area contributed by atoms with E-state index >= 15 is 0 Å². The summed E-state index contributed by atoms with van der Waals surface area (Å²) in [5, 5.41) is 7.93. The van der Waals surface area contributed by atoms with E-state index in [0.29, 0.717) is 6.42 Å². The largest absolute Gasteiger partial charge is 0.318 e. The first-order chi connectivity index (χ1) is 5.96. The third-order valence-corrected chi connectivity index (χ3v) is 2.12. The van der Waals surface area contributed by atoms with Crippen molar-refractivity contribution in [2.45, 2.75) is 27.2 Å². The highest BCUT2D eigenvalue weighted by molar-refractivity contribution is 5.58. The van der Waals surface area contributed by atoms with Crippen LogP contribution in [0.15, 0.2) is 0 Å². The standard InChI is InChI=1S/C9H15N3O/c1-7-10-11-8(12(7)4)5-9(2,3)6-13/h6H,5H2,1-4H3. The van der Waals surface area contributed by atoms with Gasteiger partial charge in [0.05, 0.1) is 0 Å². The van der Waals surface area contributed by atoms with Crippen molar-refractivity contribution in [3.8, 4) is 0 Å². The summed E-state index contributed by atoms with van der Waals surface area (Å²) in [6, 6.07) is 0. The summed E-state index contributed by atoms with van der Waals surface area (Å²) in [6.45, 7) is 5.68. The molecule has 0 aliphatic carbocycles. The Balaban J connectivity index is 2.86. The van der Waals surface area contributed by atoms with Crippen molar-refractivity contribution in [3.63, 3.8) is 0 Å². The first-order valence-electron chi connectivity index (χ1n) is 4.27. The van der Waals surface area contributed by atoms with Crippen molar-refractivity contribution >= 4 is 6.29 Å². The highest BCUT2D eigenvalue weighted by Gasteiger charge is 2.20. The molecule has 0 unspecified atom stereocenters. The summed E-state index contributed by atoms with van der Waals surface area (Å²) in [4.78, 5) is 10.7. The summed E-state index contributed by atoms with van der Waals surface area (Å²) < 4.78 is 1.91. The van der Waals surface area contributed by atoms with Crippen molar-refractivity contribution in [3.05, 3.63) is 11.6 Å². The van der Waals surface area contributed by atoms with Crippen LogP contribution < -0.4 is 0 Å². The van der Waals surface area contributed by atoms with E-state index in [1.165, 1.54) is 0 Å². The molecule has 72 valence electrons. The second-order valence-corrected chi connectivity index (χ2v) is 4.01. The zero-order valence-electron chi connectivity index (χ0n) is 8.53. The van der Waals surface area contributed by atoms with Crippen LogP contribution in [-0.2, 0) is 18.3 Å². The van der Waals surface area contributed by atoms with E-state index in [1.54, 1.807) is 0 Å². The first-order valence-corrected chi connectivity index (χ1v) is 4.27. The van der Waals surface area contributed by atoms with E-state index in [4.69, 9.17) is 0 Å². The average Bonchev–Trinajstić information content (AvgIpc) is 2.36. The van der Waals surface area contributed by atoms with Crippen LogP contribution >= 0.6 is 0 Å². The number of aldehydes is 1. The summed E-state index contributed by atoms with van der Waals surface area (Å²) >= 11 is 0. The summed E-state index contributed by atoms with van der Waals surface area (Å²) in [5.74, 6) is 1.73. The SMILES string of the molecule is Cc1nnc(CC(C)(C)C=O)n1C. The molecule has 0 saturated heterocycles. The Hall–Kier alpha value is -1.19. The molecule has 0 atom stereocenters. The fraction of sp³-hybridized carbons (Fsp3) is 0.667. The normalized spacial score (nSPS) is 11.7. The third-order valence-electron chi connectivity index (χ3n) is 2.12. The van der Waals surface area contributed by atoms with Crippen molar-refractivity contribution in [1.82, 2.24) is 14.8 Å². The molecule has 1 heterocycles. The molecule has 0 amide bonds. The van der Waals surface area contributed by atoms with Gasteiger partial charge in [-0.15, -0.1) is 10.2 Å². The van der Waals surface area contributed by atoms with Crippen LogP contribution in [0.2, 0.25) is 0 Å². The Bertz CT molecular complexity index is 315. The van der Waals surface area contributed by atoms with Gasteiger partial charge in [-0.2, -0.15) is 0 Å². The van der Waals surface area contributed by atoms with Crippen LogP contribution in [0.5, 0.6) is 0 Å². The van der Waals surface area contributed by atoms with Crippen molar-refractivity contribution in [1.29, 1.82) is 0 Å². The minimum atomic E-state index is -0.354. The second-order valence-electron chi connectivity index (χ2n) is 4.01. The molecule has 0 aromatic carbocycles. The molecule has 13 heavy (non-hydrogen) atoms. The maximum absolute atomic E-state index is 10.7. The van der Waals surface area contributed by atoms with E-state index in [-0.39, 0.29) is 5.41 Å². The van der Waals surface area contributed by atoms with Crippen LogP contribution in [0.4, 0.5) is 0 Å². The van der Waals surface area contributed by atoms with Gasteiger partial charge in [-0.3, -0.25) is 0 Å². The van der Waals surface area contributed by atoms with Gasteiger partial charge in [0, 0.05) is 18.9 Å². The quantitative estimate of drug-likeness (QED) is 0.651. The number of carbonyl (C=O) groups is 1. The van der Waals surface area contributed by atoms with Crippen molar-refractivity contribution < 1.29 is 4.79 Å². The highest BCUT2D eigenvalue weighted by atomic mass is 16.1. The first kappa shape index (κ1) is 9.89. The number of hydrogen-bond acceptors (Lipinski definition) is 3. The van der Waals surface area contributed by atoms with E-state index in [1.807, 2.05) is 32.4 Å². The maximum Gasteiger partial charge on any atom is 0.133 e. The van der Waals surface area contributed by atoms with Gasteiger partial charge in [-0.25, -0.2) is 0 Å². The van der Waals surface area contributed by atoms with Crippen LogP contribution in [0, 0.1) is 12.3 Å². The van der Waals surface area contributed by atoms with Gasteiger partial charge in [-0.05, 0) is 6.92 Å². The number of aryl methyl sites for hydroxylation is 1. The smallest absolute Gasteiger partial charge is 0.133 e. The van der Waals surface area contributed by atoms with Gasteiger partial charge in [0.2, 0.25) is 0 Å². The highest BCUT2D eigenvalue weighted by Crippen LogP contribution is 2.17. The number of carbonyl (C=O) groups excluding carboxylic acids is 1. The minimum Gasteiger partial charge on any atom is -0.318 e. The Morgan fingerprint density at radius 2 is 2.08 bits per heavy atom. The number of aromatic nitrogens is 3. The summed E-state index contributed by atoms with van der Waals surface area (Å²) in [5.41, 5.74) is -0.354. The van der Waals surface area contributed by atoms with Crippen LogP contribution in [0.1, 0.15) is 25.5 Å². The van der Waals surface area contributed by atoms with Crippen molar-refractivity contribution in [2.75, 3.05) is 0 Å². The summed E-state index contributed by atoms with van der Waals surface area (Å²) in [7, 11) is 1.91. The average molecular weight is 181 g/mol. The van der Waals surface area contributed by atoms with Gasteiger partial charge in [0.1, 0.15) is 17.9 Å². The Morgan fingerprint density at radius 3 is 2.46 bits per heavy atom. The van der Waals surface area contributed by atoms with Gasteiger partial charge in [0.25, 0.3) is 0 Å². The van der Waals surface area contributed by atoms with Gasteiger partial charge >= 0.3 is 0 Å². The number of hydrogen-bond donors (Lipinski definition) is 0. The third kappa shape index (κ3) is 2.14. The molecule has 0 spiro atoms. The van der Waals surface area contributed by atoms with E-state index < -0.39 is 0 Å². The minimum absolute atomic E-state index is 0.354. The lowest BCUT2D eigenvalue weighted by atomic mass is 9.91. The lowest BCUT2D eigenvalue weighted by Gasteiger charge is -2.15. The van der Waals surface area contributed by atoms with Gasteiger partial charge < -0.3 is 9.36 Å². The molecule has 4 heteroatoms. The van der Waals surface area contributed by atoms with E-state index in [2.05, 4.69) is 10.2 Å². The number of rotatable bonds is 3. The molecular weight excluding hydrogens is 166 g/mol. The second kappa shape index (κ2) is 3.28. The molecule has 1 aromatic heterocycles. The van der Waals surface area contributed by atoms with Crippen LogP contribution in [0.3, 0.4) is 0 Å². The zero-order valence-corrected chi connectivity index (χ0v) is 8.53. The lowest BCUT2D eigenvalue weighted by Crippen LogP contribution is -2.19. The summed E-state index contributed by atoms with van der Waals surface area (Å²) in [6.07, 6.45) is 1.59. The van der Waals surface area contributed by atoms with Crippen LogP contribution in [0.25, 0.3) is 0 Å². The Kier molecular flexibility index (Phi) is 2.50. The fourth-order valence-electron chi connectivity index (χ4n) is 1.05. The lowest BCUT2D eigenvalue weighted by molar-refractivity contribution is -0.114. The molecule has 0 aliphatic rings. The molecule has 4 nitrogen and oxygen atoms in total. The number of nitrogens with zero attached hydrogens (tertiary/aromatic N) is 3. The zero-order chi connectivity index (χ0) is 10.1. The molecule has 0 saturated carbocycles. The molecule has 1 aromatic rings. The van der Waals surface area contributed by atoms with Crippen LogP contribution in [-0.4, -0.2) is 21.1 Å². The van der Waals surface area contributed by atoms with Crippen molar-refractivity contribution in [2.24, 2.45) is 12.5 Å². The van der Waals surface area contributed by atoms with Gasteiger partial charge in [0.15, 0.2) is 0 Å². The molecule has 0 fully saturated rings. The Labute approximate surface area is 78.0 Å². The molecule has 0 N–H and O–H groups in total. The van der Waals surface area contributed by atoms with Gasteiger partial charge in [-0.1, -0.05) is 13.8 Å². The topological polar surface area (TPSA) is 47.8 Å².